The summed E-state index contributed by atoms with van der Waals surface area (Å²) in [7, 11) is 0. The van der Waals surface area contributed by atoms with Gasteiger partial charge in [0.05, 0.1) is 5.92 Å². The molecule has 1 heterocycles. The molecule has 4 nitrogen and oxygen atoms in total. The molecule has 2 aromatic rings. The number of carbonyl (C=O) groups is 2. The normalized spacial score (nSPS) is 17.0. The summed E-state index contributed by atoms with van der Waals surface area (Å²) in [6.07, 6.45) is -4.66. The molecule has 2 amide bonds. The molecular weight excluding hydrogens is 369 g/mol. The Labute approximate surface area is 161 Å². The monoisotopic (exact) mass is 390 g/mol. The third-order valence-electron chi connectivity index (χ3n) is 4.68. The molecule has 0 saturated carbocycles. The molecule has 0 N–H and O–H groups in total. The van der Waals surface area contributed by atoms with Gasteiger partial charge in [-0.05, 0) is 11.1 Å². The van der Waals surface area contributed by atoms with Crippen molar-refractivity contribution in [1.29, 1.82) is 0 Å². The van der Waals surface area contributed by atoms with Gasteiger partial charge in [-0.1, -0.05) is 60.7 Å². The highest BCUT2D eigenvalue weighted by atomic mass is 19.4. The zero-order valence-electron chi connectivity index (χ0n) is 15.2. The summed E-state index contributed by atoms with van der Waals surface area (Å²) >= 11 is 0. The average Bonchev–Trinajstić information content (AvgIpc) is 3.01. The summed E-state index contributed by atoms with van der Waals surface area (Å²) in [5, 5.41) is 0. The van der Waals surface area contributed by atoms with E-state index in [1.54, 1.807) is 4.90 Å². The third-order valence-corrected chi connectivity index (χ3v) is 4.68. The van der Waals surface area contributed by atoms with Gasteiger partial charge in [0.1, 0.15) is 6.54 Å². The van der Waals surface area contributed by atoms with Crippen molar-refractivity contribution in [1.82, 2.24) is 9.80 Å². The fourth-order valence-electron chi connectivity index (χ4n) is 3.38. The maximum atomic E-state index is 13.1. The molecular formula is C21H21F3N2O2. The minimum Gasteiger partial charge on any atom is -0.334 e. The van der Waals surface area contributed by atoms with E-state index in [9.17, 15) is 22.8 Å². The van der Waals surface area contributed by atoms with E-state index < -0.39 is 24.5 Å². The molecule has 7 heteroatoms. The molecule has 28 heavy (non-hydrogen) atoms. The Bertz CT molecular complexity index is 768. The predicted octanol–water partition coefficient (Wildman–Crippen LogP) is 3.63. The summed E-state index contributed by atoms with van der Waals surface area (Å²) < 4.78 is 38.0. The fraction of sp³-hybridized carbons (Fsp3) is 0.333. The number of likely N-dealkylation sites (tertiary alicyclic amines) is 1. The van der Waals surface area contributed by atoms with Gasteiger partial charge in [-0.15, -0.1) is 0 Å². The quantitative estimate of drug-likeness (QED) is 0.756. The second kappa shape index (κ2) is 8.46. The Balaban J connectivity index is 1.75. The third kappa shape index (κ3) is 5.34. The summed E-state index contributed by atoms with van der Waals surface area (Å²) in [6, 6.07) is 18.8. The second-order valence-corrected chi connectivity index (χ2v) is 6.96. The first-order valence-corrected chi connectivity index (χ1v) is 9.03. The molecule has 1 saturated heterocycles. The van der Waals surface area contributed by atoms with Crippen molar-refractivity contribution in [3.05, 3.63) is 71.8 Å². The summed E-state index contributed by atoms with van der Waals surface area (Å²) in [6.45, 7) is -0.846. The zero-order chi connectivity index (χ0) is 20.1. The molecule has 1 atom stereocenters. The van der Waals surface area contributed by atoms with Gasteiger partial charge in [0.25, 0.3) is 0 Å². The van der Waals surface area contributed by atoms with Crippen LogP contribution in [0.5, 0.6) is 0 Å². The first-order chi connectivity index (χ1) is 13.3. The van der Waals surface area contributed by atoms with Crippen LogP contribution in [0.25, 0.3) is 0 Å². The smallest absolute Gasteiger partial charge is 0.334 e. The van der Waals surface area contributed by atoms with Crippen LogP contribution < -0.4 is 0 Å². The van der Waals surface area contributed by atoms with Crippen LogP contribution in [0.4, 0.5) is 13.2 Å². The number of hydrogen-bond donors (Lipinski definition) is 0. The van der Waals surface area contributed by atoms with Crippen LogP contribution >= 0.6 is 0 Å². The van der Waals surface area contributed by atoms with Crippen LogP contribution in [-0.4, -0.2) is 40.9 Å². The number of hydrogen-bond acceptors (Lipinski definition) is 2. The largest absolute Gasteiger partial charge is 0.406 e. The number of carbonyl (C=O) groups excluding carboxylic acids is 2. The molecule has 2 aromatic carbocycles. The van der Waals surface area contributed by atoms with Gasteiger partial charge in [0.2, 0.25) is 11.8 Å². The van der Waals surface area contributed by atoms with Crippen molar-refractivity contribution >= 4 is 11.8 Å². The molecule has 1 aliphatic rings. The Hall–Kier alpha value is -2.83. The van der Waals surface area contributed by atoms with Gasteiger partial charge < -0.3 is 9.80 Å². The average molecular weight is 390 g/mol. The highest BCUT2D eigenvalue weighted by Gasteiger charge is 2.41. The number of rotatable bonds is 6. The SMILES string of the molecule is O=C1CC(C(=O)N(Cc2ccccc2)Cc2ccccc2)CN1CC(F)(F)F. The summed E-state index contributed by atoms with van der Waals surface area (Å²) in [4.78, 5) is 27.4. The van der Waals surface area contributed by atoms with Crippen molar-refractivity contribution in [3.8, 4) is 0 Å². The number of benzene rings is 2. The first kappa shape index (κ1) is 19.9. The van der Waals surface area contributed by atoms with E-state index in [4.69, 9.17) is 0 Å². The Morgan fingerprint density at radius 3 is 1.93 bits per heavy atom. The lowest BCUT2D eigenvalue weighted by Crippen LogP contribution is -2.38. The lowest BCUT2D eigenvalue weighted by molar-refractivity contribution is -0.157. The molecule has 0 aliphatic carbocycles. The number of nitrogens with zero attached hydrogens (tertiary/aromatic N) is 2. The van der Waals surface area contributed by atoms with Crippen molar-refractivity contribution in [2.45, 2.75) is 25.7 Å². The highest BCUT2D eigenvalue weighted by Crippen LogP contribution is 2.26. The Morgan fingerprint density at radius 1 is 0.964 bits per heavy atom. The molecule has 0 radical (unpaired) electrons. The fourth-order valence-corrected chi connectivity index (χ4v) is 3.38. The van der Waals surface area contributed by atoms with Crippen molar-refractivity contribution in [2.24, 2.45) is 5.92 Å². The standard InChI is InChI=1S/C21H21F3N2O2/c22-21(23,24)15-26-14-18(11-19(26)27)20(28)25(12-16-7-3-1-4-8-16)13-17-9-5-2-6-10-17/h1-10,18H,11-15H2. The van der Waals surface area contributed by atoms with Crippen LogP contribution in [0.15, 0.2) is 60.7 Å². The van der Waals surface area contributed by atoms with E-state index in [1.165, 1.54) is 0 Å². The highest BCUT2D eigenvalue weighted by molar-refractivity contribution is 5.89. The lowest BCUT2D eigenvalue weighted by Gasteiger charge is -2.26. The van der Waals surface area contributed by atoms with Crippen molar-refractivity contribution in [2.75, 3.05) is 13.1 Å². The maximum Gasteiger partial charge on any atom is 0.406 e. The van der Waals surface area contributed by atoms with Crippen LogP contribution in [0.1, 0.15) is 17.5 Å². The Morgan fingerprint density at radius 2 is 1.46 bits per heavy atom. The van der Waals surface area contributed by atoms with Crippen LogP contribution in [0.2, 0.25) is 0 Å². The molecule has 3 rings (SSSR count). The van der Waals surface area contributed by atoms with Gasteiger partial charge in [-0.2, -0.15) is 13.2 Å². The van der Waals surface area contributed by atoms with Gasteiger partial charge in [0.15, 0.2) is 0 Å². The Kier molecular flexibility index (Phi) is 6.02. The summed E-state index contributed by atoms with van der Waals surface area (Å²) in [5.41, 5.74) is 1.84. The first-order valence-electron chi connectivity index (χ1n) is 9.03. The van der Waals surface area contributed by atoms with E-state index >= 15 is 0 Å². The number of alkyl halides is 3. The van der Waals surface area contributed by atoms with Gasteiger partial charge >= 0.3 is 6.18 Å². The van der Waals surface area contributed by atoms with Crippen molar-refractivity contribution < 1.29 is 22.8 Å². The molecule has 1 fully saturated rings. The van der Waals surface area contributed by atoms with E-state index in [-0.39, 0.29) is 18.9 Å². The maximum absolute atomic E-state index is 13.1. The van der Waals surface area contributed by atoms with Crippen LogP contribution in [0, 0.1) is 5.92 Å². The predicted molar refractivity (Wildman–Crippen MR) is 97.9 cm³/mol. The molecule has 0 bridgehead atoms. The van der Waals surface area contributed by atoms with Crippen molar-refractivity contribution in [3.63, 3.8) is 0 Å². The molecule has 0 aromatic heterocycles. The van der Waals surface area contributed by atoms with E-state index in [2.05, 4.69) is 0 Å². The van der Waals surface area contributed by atoms with Gasteiger partial charge in [0, 0.05) is 26.1 Å². The van der Waals surface area contributed by atoms with E-state index in [0.29, 0.717) is 13.1 Å². The van der Waals surface area contributed by atoms with E-state index in [0.717, 1.165) is 16.0 Å². The topological polar surface area (TPSA) is 40.6 Å². The molecule has 0 spiro atoms. The van der Waals surface area contributed by atoms with Gasteiger partial charge in [-0.25, -0.2) is 0 Å². The van der Waals surface area contributed by atoms with E-state index in [1.807, 2.05) is 60.7 Å². The minimum atomic E-state index is -4.47. The zero-order valence-corrected chi connectivity index (χ0v) is 15.2. The second-order valence-electron chi connectivity index (χ2n) is 6.96. The number of amides is 2. The molecule has 1 unspecified atom stereocenters. The minimum absolute atomic E-state index is 0.186. The molecule has 1 aliphatic heterocycles. The lowest BCUT2D eigenvalue weighted by atomic mass is 10.1. The van der Waals surface area contributed by atoms with Gasteiger partial charge in [-0.3, -0.25) is 9.59 Å². The van der Waals surface area contributed by atoms with Crippen LogP contribution in [-0.2, 0) is 22.7 Å². The summed E-state index contributed by atoms with van der Waals surface area (Å²) in [5.74, 6) is -1.69. The van der Waals surface area contributed by atoms with Crippen LogP contribution in [0.3, 0.4) is 0 Å². The molecule has 148 valence electrons. The number of halogens is 3.